The SMILES string of the molecule is CN(CC(C)(C)O)S(=O)(=O)/C=C/c1ccccc1Cl. The fraction of sp³-hybridized carbons (Fsp3) is 0.385. The molecule has 0 saturated carbocycles. The zero-order valence-electron chi connectivity index (χ0n) is 11.2. The number of nitrogens with zero attached hydrogens (tertiary/aromatic N) is 1. The average molecular weight is 304 g/mol. The van der Waals surface area contributed by atoms with Crippen LogP contribution >= 0.6 is 11.6 Å². The van der Waals surface area contributed by atoms with Crippen molar-refractivity contribution in [3.63, 3.8) is 0 Å². The topological polar surface area (TPSA) is 57.6 Å². The standard InChI is InChI=1S/C13H18ClNO3S/c1-13(2,16)10-15(3)19(17,18)9-8-11-6-4-5-7-12(11)14/h4-9,16H,10H2,1-3H3/b9-8+. The van der Waals surface area contributed by atoms with Crippen molar-refractivity contribution >= 4 is 27.7 Å². The van der Waals surface area contributed by atoms with Crippen molar-refractivity contribution in [1.82, 2.24) is 4.31 Å². The molecular formula is C13H18ClNO3S. The van der Waals surface area contributed by atoms with Crippen molar-refractivity contribution in [3.8, 4) is 0 Å². The number of rotatable bonds is 5. The molecule has 0 bridgehead atoms. The zero-order valence-corrected chi connectivity index (χ0v) is 12.7. The van der Waals surface area contributed by atoms with Crippen LogP contribution in [0.15, 0.2) is 29.7 Å². The van der Waals surface area contributed by atoms with Crippen LogP contribution in [0.5, 0.6) is 0 Å². The summed E-state index contributed by atoms with van der Waals surface area (Å²) in [6.07, 6.45) is 1.44. The quantitative estimate of drug-likeness (QED) is 0.908. The fourth-order valence-electron chi connectivity index (χ4n) is 1.51. The molecule has 4 nitrogen and oxygen atoms in total. The third kappa shape index (κ3) is 5.32. The molecule has 1 aromatic carbocycles. The number of benzene rings is 1. The normalized spacial score (nSPS) is 13.4. The van der Waals surface area contributed by atoms with Gasteiger partial charge in [-0.05, 0) is 31.6 Å². The number of hydrogen-bond acceptors (Lipinski definition) is 3. The third-order valence-corrected chi connectivity index (χ3v) is 4.19. The second kappa shape index (κ2) is 6.05. The van der Waals surface area contributed by atoms with Crippen molar-refractivity contribution in [2.45, 2.75) is 19.4 Å². The second-order valence-corrected chi connectivity index (χ2v) is 7.27. The summed E-state index contributed by atoms with van der Waals surface area (Å²) in [6, 6.07) is 6.96. The van der Waals surface area contributed by atoms with Crippen molar-refractivity contribution in [3.05, 3.63) is 40.3 Å². The first kappa shape index (κ1) is 16.2. The van der Waals surface area contributed by atoms with Crippen molar-refractivity contribution in [1.29, 1.82) is 0 Å². The van der Waals surface area contributed by atoms with E-state index in [0.717, 1.165) is 9.71 Å². The Labute approximate surface area is 119 Å². The van der Waals surface area contributed by atoms with Crippen LogP contribution in [0.1, 0.15) is 19.4 Å². The molecule has 0 fully saturated rings. The molecule has 1 N–H and O–H groups in total. The highest BCUT2D eigenvalue weighted by molar-refractivity contribution is 7.92. The fourth-order valence-corrected chi connectivity index (χ4v) is 2.73. The Morgan fingerprint density at radius 1 is 1.37 bits per heavy atom. The van der Waals surface area contributed by atoms with Gasteiger partial charge in [0.25, 0.3) is 0 Å². The second-order valence-electron chi connectivity index (χ2n) is 4.94. The van der Waals surface area contributed by atoms with Crippen LogP contribution < -0.4 is 0 Å². The Morgan fingerprint density at radius 3 is 2.47 bits per heavy atom. The van der Waals surface area contributed by atoms with Gasteiger partial charge in [0, 0.05) is 24.0 Å². The smallest absolute Gasteiger partial charge is 0.236 e. The summed E-state index contributed by atoms with van der Waals surface area (Å²) in [6.45, 7) is 3.12. The van der Waals surface area contributed by atoms with Gasteiger partial charge in [0.1, 0.15) is 0 Å². The van der Waals surface area contributed by atoms with E-state index in [4.69, 9.17) is 11.6 Å². The van der Waals surface area contributed by atoms with Gasteiger partial charge in [-0.25, -0.2) is 8.42 Å². The third-order valence-electron chi connectivity index (χ3n) is 2.37. The van der Waals surface area contributed by atoms with Crippen molar-refractivity contribution in [2.24, 2.45) is 0 Å². The number of hydrogen-bond donors (Lipinski definition) is 1. The first-order valence-electron chi connectivity index (χ1n) is 5.73. The Balaban J connectivity index is 2.89. The Kier molecular flexibility index (Phi) is 5.15. The summed E-state index contributed by atoms with van der Waals surface area (Å²) in [4.78, 5) is 0. The Hall–Kier alpha value is -0.880. The Morgan fingerprint density at radius 2 is 1.95 bits per heavy atom. The molecule has 0 heterocycles. The summed E-state index contributed by atoms with van der Waals surface area (Å²) >= 11 is 5.94. The van der Waals surface area contributed by atoms with Crippen LogP contribution in [-0.4, -0.2) is 37.0 Å². The van der Waals surface area contributed by atoms with Crippen LogP contribution in [0.25, 0.3) is 6.08 Å². The molecule has 0 amide bonds. The molecule has 19 heavy (non-hydrogen) atoms. The molecule has 0 saturated heterocycles. The van der Waals surface area contributed by atoms with Crippen LogP contribution in [0.2, 0.25) is 5.02 Å². The highest BCUT2D eigenvalue weighted by Crippen LogP contribution is 2.17. The molecule has 106 valence electrons. The van der Waals surface area contributed by atoms with E-state index in [1.807, 2.05) is 0 Å². The van der Waals surface area contributed by atoms with Gasteiger partial charge in [0.2, 0.25) is 10.0 Å². The van der Waals surface area contributed by atoms with Gasteiger partial charge in [0.15, 0.2) is 0 Å². The highest BCUT2D eigenvalue weighted by Gasteiger charge is 2.22. The molecule has 0 atom stereocenters. The van der Waals surface area contributed by atoms with Crippen molar-refractivity contribution in [2.75, 3.05) is 13.6 Å². The maximum Gasteiger partial charge on any atom is 0.236 e. The van der Waals surface area contributed by atoms with Crippen LogP contribution in [0.3, 0.4) is 0 Å². The molecule has 1 aromatic rings. The molecule has 1 rings (SSSR count). The molecule has 0 spiro atoms. The summed E-state index contributed by atoms with van der Waals surface area (Å²) in [5.41, 5.74) is -0.454. The van der Waals surface area contributed by atoms with E-state index in [1.54, 1.807) is 38.1 Å². The molecule has 0 aliphatic carbocycles. The minimum absolute atomic E-state index is 0.0161. The van der Waals surface area contributed by atoms with E-state index in [0.29, 0.717) is 10.6 Å². The summed E-state index contributed by atoms with van der Waals surface area (Å²) < 4.78 is 25.1. The average Bonchev–Trinajstić information content (AvgIpc) is 2.25. The van der Waals surface area contributed by atoms with Crippen LogP contribution in [0.4, 0.5) is 0 Å². The number of aliphatic hydroxyl groups is 1. The van der Waals surface area contributed by atoms with E-state index >= 15 is 0 Å². The van der Waals surface area contributed by atoms with E-state index in [1.165, 1.54) is 13.1 Å². The zero-order chi connectivity index (χ0) is 14.7. The molecular weight excluding hydrogens is 286 g/mol. The van der Waals surface area contributed by atoms with Gasteiger partial charge in [-0.1, -0.05) is 29.8 Å². The lowest BCUT2D eigenvalue weighted by Gasteiger charge is -2.23. The van der Waals surface area contributed by atoms with Crippen LogP contribution in [-0.2, 0) is 10.0 Å². The van der Waals surface area contributed by atoms with Gasteiger partial charge >= 0.3 is 0 Å². The minimum atomic E-state index is -3.57. The lowest BCUT2D eigenvalue weighted by Crippen LogP contribution is -2.38. The van der Waals surface area contributed by atoms with E-state index in [-0.39, 0.29) is 6.54 Å². The lowest BCUT2D eigenvalue weighted by molar-refractivity contribution is 0.0642. The van der Waals surface area contributed by atoms with Crippen LogP contribution in [0, 0.1) is 0 Å². The van der Waals surface area contributed by atoms with Crippen molar-refractivity contribution < 1.29 is 13.5 Å². The van der Waals surface area contributed by atoms with E-state index in [9.17, 15) is 13.5 Å². The van der Waals surface area contributed by atoms with E-state index in [2.05, 4.69) is 0 Å². The first-order valence-corrected chi connectivity index (χ1v) is 7.61. The minimum Gasteiger partial charge on any atom is -0.389 e. The van der Waals surface area contributed by atoms with Gasteiger partial charge in [-0.3, -0.25) is 0 Å². The monoisotopic (exact) mass is 303 g/mol. The summed E-state index contributed by atoms with van der Waals surface area (Å²) in [7, 11) is -2.15. The van der Waals surface area contributed by atoms with Gasteiger partial charge in [-0.2, -0.15) is 4.31 Å². The summed E-state index contributed by atoms with van der Waals surface area (Å²) in [5.74, 6) is 0. The molecule has 0 aromatic heterocycles. The molecule has 0 aliphatic heterocycles. The molecule has 0 aliphatic rings. The first-order chi connectivity index (χ1) is 8.62. The molecule has 0 unspecified atom stereocenters. The number of sulfonamides is 1. The largest absolute Gasteiger partial charge is 0.389 e. The summed E-state index contributed by atoms with van der Waals surface area (Å²) in [5, 5.41) is 11.2. The van der Waals surface area contributed by atoms with Gasteiger partial charge in [0.05, 0.1) is 5.60 Å². The Bertz CT molecular complexity index is 561. The predicted molar refractivity (Wildman–Crippen MR) is 78.3 cm³/mol. The maximum absolute atomic E-state index is 12.0. The predicted octanol–water partition coefficient (Wildman–Crippen LogP) is 2.34. The number of halogens is 1. The van der Waals surface area contributed by atoms with Gasteiger partial charge < -0.3 is 5.11 Å². The lowest BCUT2D eigenvalue weighted by atomic mass is 10.1. The number of likely N-dealkylation sites (N-methyl/N-ethyl adjacent to an activating group) is 1. The maximum atomic E-state index is 12.0. The van der Waals surface area contributed by atoms with E-state index < -0.39 is 15.6 Å². The molecule has 0 radical (unpaired) electrons. The highest BCUT2D eigenvalue weighted by atomic mass is 35.5. The van der Waals surface area contributed by atoms with Gasteiger partial charge in [-0.15, -0.1) is 0 Å². The molecule has 6 heteroatoms.